The zero-order valence-electron chi connectivity index (χ0n) is 17.0. The van der Waals surface area contributed by atoms with Crippen LogP contribution in [0.15, 0.2) is 42.5 Å². The minimum Gasteiger partial charge on any atom is -0.494 e. The van der Waals surface area contributed by atoms with Crippen molar-refractivity contribution in [1.29, 1.82) is 0 Å². The Hall–Kier alpha value is -3.22. The molecule has 0 fully saturated rings. The number of esters is 1. The van der Waals surface area contributed by atoms with Crippen LogP contribution in [0, 0.1) is 0 Å². The second kappa shape index (κ2) is 11.6. The number of amides is 1. The van der Waals surface area contributed by atoms with E-state index in [9.17, 15) is 9.59 Å². The molecule has 0 bridgehead atoms. The lowest BCUT2D eigenvalue weighted by atomic mass is 10.1. The standard InChI is InChI=1S/C22H27NO6/c1-4-5-11-28-18-8-6-7-16(12-18)14-23-22(25)17-9-10-19(20(13-17)26-2)29-15-21(24)27-3/h6-10,12-13H,4-5,11,14-15H2,1-3H3,(H,23,25). The monoisotopic (exact) mass is 401 g/mol. The first-order chi connectivity index (χ1) is 14.1. The number of unbranched alkanes of at least 4 members (excludes halogenated alkanes) is 1. The van der Waals surface area contributed by atoms with Gasteiger partial charge in [-0.1, -0.05) is 25.5 Å². The molecular weight excluding hydrogens is 374 g/mol. The average molecular weight is 401 g/mol. The van der Waals surface area contributed by atoms with Crippen molar-refractivity contribution in [2.45, 2.75) is 26.3 Å². The molecule has 0 aromatic heterocycles. The molecule has 2 aromatic carbocycles. The van der Waals surface area contributed by atoms with Crippen LogP contribution < -0.4 is 19.5 Å². The minimum absolute atomic E-state index is 0.241. The summed E-state index contributed by atoms with van der Waals surface area (Å²) in [4.78, 5) is 23.7. The van der Waals surface area contributed by atoms with Gasteiger partial charge in [-0.2, -0.15) is 0 Å². The first kappa shape index (κ1) is 22.1. The van der Waals surface area contributed by atoms with Gasteiger partial charge in [0.15, 0.2) is 18.1 Å². The smallest absolute Gasteiger partial charge is 0.343 e. The molecule has 29 heavy (non-hydrogen) atoms. The Morgan fingerprint density at radius 3 is 2.55 bits per heavy atom. The van der Waals surface area contributed by atoms with Crippen LogP contribution in [0.4, 0.5) is 0 Å². The summed E-state index contributed by atoms with van der Waals surface area (Å²) in [6, 6.07) is 12.4. The summed E-state index contributed by atoms with van der Waals surface area (Å²) in [6.07, 6.45) is 2.08. The predicted molar refractivity (Wildman–Crippen MR) is 109 cm³/mol. The summed E-state index contributed by atoms with van der Waals surface area (Å²) in [5.41, 5.74) is 1.36. The number of nitrogens with one attached hydrogen (secondary N) is 1. The second-order valence-electron chi connectivity index (χ2n) is 6.26. The lowest BCUT2D eigenvalue weighted by molar-refractivity contribution is -0.142. The van der Waals surface area contributed by atoms with E-state index < -0.39 is 5.97 Å². The van der Waals surface area contributed by atoms with Crippen molar-refractivity contribution >= 4 is 11.9 Å². The molecule has 1 amide bonds. The van der Waals surface area contributed by atoms with Crippen molar-refractivity contribution in [2.75, 3.05) is 27.4 Å². The summed E-state index contributed by atoms with van der Waals surface area (Å²) in [7, 11) is 2.75. The maximum absolute atomic E-state index is 12.5. The van der Waals surface area contributed by atoms with Crippen LogP contribution in [0.5, 0.6) is 17.2 Å². The Morgan fingerprint density at radius 1 is 1.00 bits per heavy atom. The maximum Gasteiger partial charge on any atom is 0.343 e. The topological polar surface area (TPSA) is 83.1 Å². The van der Waals surface area contributed by atoms with Crippen LogP contribution in [0.2, 0.25) is 0 Å². The van der Waals surface area contributed by atoms with Gasteiger partial charge in [0.25, 0.3) is 5.91 Å². The predicted octanol–water partition coefficient (Wildman–Crippen LogP) is 3.36. The van der Waals surface area contributed by atoms with Crippen molar-refractivity contribution in [2.24, 2.45) is 0 Å². The van der Waals surface area contributed by atoms with Crippen LogP contribution >= 0.6 is 0 Å². The summed E-state index contributed by atoms with van der Waals surface area (Å²) in [5, 5.41) is 2.87. The van der Waals surface area contributed by atoms with Gasteiger partial charge in [0.2, 0.25) is 0 Å². The van der Waals surface area contributed by atoms with Crippen LogP contribution in [-0.2, 0) is 16.1 Å². The fourth-order valence-corrected chi connectivity index (χ4v) is 2.49. The third-order valence-corrected chi connectivity index (χ3v) is 4.12. The van der Waals surface area contributed by atoms with Gasteiger partial charge in [-0.25, -0.2) is 4.79 Å². The molecule has 0 saturated carbocycles. The van der Waals surface area contributed by atoms with Gasteiger partial charge in [-0.05, 0) is 42.3 Å². The number of methoxy groups -OCH3 is 2. The van der Waals surface area contributed by atoms with Crippen molar-refractivity contribution < 1.29 is 28.5 Å². The number of carbonyl (C=O) groups excluding carboxylic acids is 2. The SMILES string of the molecule is CCCCOc1cccc(CNC(=O)c2ccc(OCC(=O)OC)c(OC)c2)c1. The summed E-state index contributed by atoms with van der Waals surface area (Å²) < 4.78 is 20.8. The molecule has 156 valence electrons. The summed E-state index contributed by atoms with van der Waals surface area (Å²) in [6.45, 7) is 2.92. The minimum atomic E-state index is -0.505. The Balaban J connectivity index is 1.96. The zero-order chi connectivity index (χ0) is 21.1. The van der Waals surface area contributed by atoms with Crippen molar-refractivity contribution in [3.63, 3.8) is 0 Å². The fraction of sp³-hybridized carbons (Fsp3) is 0.364. The molecule has 0 spiro atoms. The number of rotatable bonds is 11. The van der Waals surface area contributed by atoms with E-state index in [1.165, 1.54) is 14.2 Å². The molecule has 0 aliphatic rings. The molecule has 0 heterocycles. The molecule has 0 saturated heterocycles. The first-order valence-electron chi connectivity index (χ1n) is 9.45. The maximum atomic E-state index is 12.5. The molecular formula is C22H27NO6. The molecule has 2 rings (SSSR count). The highest BCUT2D eigenvalue weighted by molar-refractivity contribution is 5.94. The van der Waals surface area contributed by atoms with E-state index in [1.807, 2.05) is 24.3 Å². The number of hydrogen-bond acceptors (Lipinski definition) is 6. The highest BCUT2D eigenvalue weighted by Gasteiger charge is 2.12. The van der Waals surface area contributed by atoms with Crippen LogP contribution in [0.25, 0.3) is 0 Å². The average Bonchev–Trinajstić information content (AvgIpc) is 2.76. The van der Waals surface area contributed by atoms with Crippen molar-refractivity contribution in [3.05, 3.63) is 53.6 Å². The molecule has 0 radical (unpaired) electrons. The van der Waals surface area contributed by atoms with Crippen molar-refractivity contribution in [1.82, 2.24) is 5.32 Å². The largest absolute Gasteiger partial charge is 0.494 e. The number of ether oxygens (including phenoxy) is 4. The third-order valence-electron chi connectivity index (χ3n) is 4.12. The Bertz CT molecular complexity index is 821. The molecule has 0 aliphatic heterocycles. The quantitative estimate of drug-likeness (QED) is 0.459. The Labute approximate surface area is 170 Å². The molecule has 2 aromatic rings. The van der Waals surface area contributed by atoms with Gasteiger partial charge in [-0.15, -0.1) is 0 Å². The van der Waals surface area contributed by atoms with Crippen LogP contribution in [-0.4, -0.2) is 39.3 Å². The van der Waals surface area contributed by atoms with Gasteiger partial charge >= 0.3 is 5.97 Å². The lowest BCUT2D eigenvalue weighted by Gasteiger charge is -2.12. The molecule has 0 aliphatic carbocycles. The summed E-state index contributed by atoms with van der Waals surface area (Å²) in [5.74, 6) is 0.744. The number of hydrogen-bond donors (Lipinski definition) is 1. The molecule has 7 heteroatoms. The van der Waals surface area contributed by atoms with E-state index in [0.29, 0.717) is 30.2 Å². The highest BCUT2D eigenvalue weighted by atomic mass is 16.6. The molecule has 0 atom stereocenters. The van der Waals surface area contributed by atoms with E-state index in [2.05, 4.69) is 17.0 Å². The van der Waals surface area contributed by atoms with E-state index in [0.717, 1.165) is 24.2 Å². The van der Waals surface area contributed by atoms with Crippen LogP contribution in [0.1, 0.15) is 35.7 Å². The Morgan fingerprint density at radius 2 is 1.83 bits per heavy atom. The van der Waals surface area contributed by atoms with Crippen molar-refractivity contribution in [3.8, 4) is 17.2 Å². The first-order valence-corrected chi connectivity index (χ1v) is 9.45. The molecule has 7 nitrogen and oxygen atoms in total. The Kier molecular flexibility index (Phi) is 8.82. The fourth-order valence-electron chi connectivity index (χ4n) is 2.49. The molecule has 1 N–H and O–H groups in total. The lowest BCUT2D eigenvalue weighted by Crippen LogP contribution is -2.23. The number of benzene rings is 2. The van der Waals surface area contributed by atoms with Gasteiger partial charge in [0, 0.05) is 12.1 Å². The van der Waals surface area contributed by atoms with E-state index in [4.69, 9.17) is 14.2 Å². The van der Waals surface area contributed by atoms with E-state index >= 15 is 0 Å². The van der Waals surface area contributed by atoms with Gasteiger partial charge in [0.05, 0.1) is 20.8 Å². The summed E-state index contributed by atoms with van der Waals surface area (Å²) >= 11 is 0. The van der Waals surface area contributed by atoms with Gasteiger partial charge in [-0.3, -0.25) is 4.79 Å². The van der Waals surface area contributed by atoms with E-state index in [1.54, 1.807) is 18.2 Å². The number of carbonyl (C=O) groups is 2. The van der Waals surface area contributed by atoms with Gasteiger partial charge in [0.1, 0.15) is 5.75 Å². The normalized spacial score (nSPS) is 10.2. The van der Waals surface area contributed by atoms with E-state index in [-0.39, 0.29) is 12.5 Å². The van der Waals surface area contributed by atoms with Gasteiger partial charge < -0.3 is 24.3 Å². The second-order valence-corrected chi connectivity index (χ2v) is 6.26. The van der Waals surface area contributed by atoms with Crippen LogP contribution in [0.3, 0.4) is 0 Å². The third kappa shape index (κ3) is 7.03. The zero-order valence-corrected chi connectivity index (χ0v) is 17.0. The highest BCUT2D eigenvalue weighted by Crippen LogP contribution is 2.28. The molecule has 0 unspecified atom stereocenters.